The van der Waals surface area contributed by atoms with Crippen LogP contribution in [0, 0.1) is 26.2 Å². The first-order chi connectivity index (χ1) is 13.1. The maximum Gasteiger partial charge on any atom is 0.144 e. The number of nitrogens with zero attached hydrogens (tertiary/aromatic N) is 2. The van der Waals surface area contributed by atoms with Gasteiger partial charge in [-0.05, 0) is 55.1 Å². The number of aryl methyl sites for hydroxylation is 2. The predicted octanol–water partition coefficient (Wildman–Crippen LogP) is 5.41. The molecule has 0 amide bonds. The number of fused-ring (bicyclic) bond motifs is 1. The summed E-state index contributed by atoms with van der Waals surface area (Å²) in [5.74, 6) is 4.46. The van der Waals surface area contributed by atoms with Crippen LogP contribution in [0.2, 0.25) is 0 Å². The molecule has 0 spiro atoms. The van der Waals surface area contributed by atoms with E-state index < -0.39 is 0 Å². The number of pyridine rings is 1. The Balaban J connectivity index is 1.96. The van der Waals surface area contributed by atoms with Crippen LogP contribution in [0.5, 0.6) is 5.75 Å². The normalized spacial score (nSPS) is 10.7. The molecule has 0 saturated carbocycles. The van der Waals surface area contributed by atoms with Crippen molar-refractivity contribution in [2.45, 2.75) is 13.8 Å². The van der Waals surface area contributed by atoms with Crippen molar-refractivity contribution in [3.8, 4) is 28.7 Å². The molecule has 0 atom stereocenters. The molecular weight excluding hydrogens is 354 g/mol. The molecule has 134 valence electrons. The van der Waals surface area contributed by atoms with Crippen molar-refractivity contribution in [2.24, 2.45) is 0 Å². The summed E-state index contributed by atoms with van der Waals surface area (Å²) in [4.78, 5) is 5.90. The summed E-state index contributed by atoms with van der Waals surface area (Å²) in [5, 5.41) is 5.53. The van der Waals surface area contributed by atoms with Gasteiger partial charge >= 0.3 is 0 Å². The molecule has 0 fully saturated rings. The Morgan fingerprint density at radius 2 is 2.04 bits per heavy atom. The lowest BCUT2D eigenvalue weighted by Gasteiger charge is -2.12. The molecule has 0 bridgehead atoms. The van der Waals surface area contributed by atoms with Crippen LogP contribution in [0.3, 0.4) is 0 Å². The first-order valence-corrected chi connectivity index (χ1v) is 9.44. The van der Waals surface area contributed by atoms with Crippen molar-refractivity contribution in [3.05, 3.63) is 64.7 Å². The third-order valence-electron chi connectivity index (χ3n) is 4.42. The second-order valence-electron chi connectivity index (χ2n) is 6.34. The van der Waals surface area contributed by atoms with E-state index in [4.69, 9.17) is 16.1 Å². The lowest BCUT2D eigenvalue weighted by molar-refractivity contribution is 0.415. The van der Waals surface area contributed by atoms with E-state index >= 15 is 0 Å². The smallest absolute Gasteiger partial charge is 0.144 e. The number of ether oxygens (including phenoxy) is 1. The summed E-state index contributed by atoms with van der Waals surface area (Å²) in [6, 6.07) is 14.0. The first kappa shape index (κ1) is 17.2. The average Bonchev–Trinajstić information content (AvgIpc) is 3.26. The van der Waals surface area contributed by atoms with Crippen molar-refractivity contribution in [2.75, 3.05) is 12.4 Å². The van der Waals surface area contributed by atoms with E-state index in [1.165, 1.54) is 5.56 Å². The zero-order valence-corrected chi connectivity index (χ0v) is 16.2. The highest BCUT2D eigenvalue weighted by molar-refractivity contribution is 7.13. The third-order valence-corrected chi connectivity index (χ3v) is 5.34. The molecule has 4 rings (SSSR count). The molecule has 3 aromatic heterocycles. The van der Waals surface area contributed by atoms with Crippen LogP contribution < -0.4 is 10.1 Å². The number of terminal acetylenes is 1. The molecule has 4 aromatic rings. The van der Waals surface area contributed by atoms with E-state index in [1.807, 2.05) is 35.7 Å². The molecule has 0 radical (unpaired) electrons. The van der Waals surface area contributed by atoms with Crippen molar-refractivity contribution in [1.82, 2.24) is 9.38 Å². The number of methoxy groups -OCH3 is 1. The summed E-state index contributed by atoms with van der Waals surface area (Å²) in [7, 11) is 1.66. The minimum Gasteiger partial charge on any atom is -0.497 e. The Morgan fingerprint density at radius 3 is 2.81 bits per heavy atom. The van der Waals surface area contributed by atoms with Gasteiger partial charge in [0.1, 0.15) is 22.9 Å². The Hall–Kier alpha value is -3.23. The second kappa shape index (κ2) is 6.82. The van der Waals surface area contributed by atoms with E-state index in [1.54, 1.807) is 18.4 Å². The minimum atomic E-state index is 0.795. The van der Waals surface area contributed by atoms with Crippen molar-refractivity contribution in [3.63, 3.8) is 0 Å². The molecule has 1 N–H and O–H groups in total. The van der Waals surface area contributed by atoms with Gasteiger partial charge in [0.25, 0.3) is 0 Å². The number of rotatable bonds is 4. The molecule has 0 aliphatic rings. The van der Waals surface area contributed by atoms with Crippen molar-refractivity contribution in [1.29, 1.82) is 0 Å². The Kier molecular flexibility index (Phi) is 4.35. The van der Waals surface area contributed by atoms with Crippen LogP contribution in [-0.4, -0.2) is 16.5 Å². The Morgan fingerprint density at radius 1 is 1.19 bits per heavy atom. The van der Waals surface area contributed by atoms with Gasteiger partial charge in [-0.15, -0.1) is 17.8 Å². The van der Waals surface area contributed by atoms with Gasteiger partial charge in [0, 0.05) is 23.0 Å². The first-order valence-electron chi connectivity index (χ1n) is 8.56. The lowest BCUT2D eigenvalue weighted by atomic mass is 10.2. The van der Waals surface area contributed by atoms with Crippen LogP contribution >= 0.6 is 11.3 Å². The van der Waals surface area contributed by atoms with Crippen LogP contribution in [0.1, 0.15) is 16.8 Å². The van der Waals surface area contributed by atoms with Gasteiger partial charge in [0.15, 0.2) is 0 Å². The van der Waals surface area contributed by atoms with Crippen LogP contribution in [0.4, 0.5) is 11.5 Å². The van der Waals surface area contributed by atoms with E-state index in [0.717, 1.165) is 44.7 Å². The zero-order valence-electron chi connectivity index (χ0n) is 15.4. The van der Waals surface area contributed by atoms with Gasteiger partial charge in [-0.3, -0.25) is 4.40 Å². The quantitative estimate of drug-likeness (QED) is 0.486. The number of aromatic nitrogens is 2. The number of imidazole rings is 1. The molecule has 4 nitrogen and oxygen atoms in total. The molecule has 0 aliphatic heterocycles. The number of benzene rings is 1. The van der Waals surface area contributed by atoms with Crippen LogP contribution in [0.15, 0.2) is 47.8 Å². The van der Waals surface area contributed by atoms with Crippen LogP contribution in [-0.2, 0) is 0 Å². The zero-order chi connectivity index (χ0) is 19.0. The van der Waals surface area contributed by atoms with Gasteiger partial charge in [-0.2, -0.15) is 0 Å². The van der Waals surface area contributed by atoms with Crippen molar-refractivity contribution < 1.29 is 4.74 Å². The van der Waals surface area contributed by atoms with E-state index in [-0.39, 0.29) is 0 Å². The molecule has 0 saturated heterocycles. The van der Waals surface area contributed by atoms with Crippen molar-refractivity contribution >= 4 is 28.5 Å². The maximum absolute atomic E-state index is 5.71. The number of thiophene rings is 1. The van der Waals surface area contributed by atoms with Gasteiger partial charge in [0.05, 0.1) is 12.0 Å². The number of hydrogen-bond acceptors (Lipinski definition) is 4. The fourth-order valence-corrected chi connectivity index (χ4v) is 4.10. The average molecular weight is 373 g/mol. The molecule has 0 aliphatic carbocycles. The van der Waals surface area contributed by atoms with Gasteiger partial charge in [0.2, 0.25) is 0 Å². The third kappa shape index (κ3) is 3.05. The molecular formula is C22H19N3OS. The largest absolute Gasteiger partial charge is 0.497 e. The minimum absolute atomic E-state index is 0.795. The fourth-order valence-electron chi connectivity index (χ4n) is 3.25. The summed E-state index contributed by atoms with van der Waals surface area (Å²) in [6.07, 6.45) is 5.71. The van der Waals surface area contributed by atoms with Gasteiger partial charge < -0.3 is 10.1 Å². The molecule has 27 heavy (non-hydrogen) atoms. The van der Waals surface area contributed by atoms with E-state index in [0.29, 0.717) is 0 Å². The standard InChI is InChI=1S/C22H19N3OS/c1-5-16-9-10-27-21(16)20-22(23-17-7-6-8-18(13-17)26-4)25-15(3)11-14(2)12-19(25)24-20/h1,6-13,23H,2-4H3. The Labute approximate surface area is 162 Å². The molecule has 5 heteroatoms. The topological polar surface area (TPSA) is 38.6 Å². The summed E-state index contributed by atoms with van der Waals surface area (Å²) in [5.41, 5.74) is 5.81. The van der Waals surface area contributed by atoms with Crippen LogP contribution in [0.25, 0.3) is 16.2 Å². The predicted molar refractivity (Wildman–Crippen MR) is 112 cm³/mol. The lowest BCUT2D eigenvalue weighted by Crippen LogP contribution is -2.00. The SMILES string of the molecule is C#Cc1ccsc1-c1nc2cc(C)cc(C)n2c1Nc1cccc(OC)c1. The highest BCUT2D eigenvalue weighted by Gasteiger charge is 2.19. The summed E-state index contributed by atoms with van der Waals surface area (Å²) < 4.78 is 7.48. The van der Waals surface area contributed by atoms with Gasteiger partial charge in [-0.1, -0.05) is 12.0 Å². The summed E-state index contributed by atoms with van der Waals surface area (Å²) in [6.45, 7) is 4.16. The van der Waals surface area contributed by atoms with Gasteiger partial charge in [-0.25, -0.2) is 4.98 Å². The monoisotopic (exact) mass is 373 g/mol. The highest BCUT2D eigenvalue weighted by Crippen LogP contribution is 2.37. The van der Waals surface area contributed by atoms with E-state index in [9.17, 15) is 0 Å². The number of nitrogens with one attached hydrogen (secondary N) is 1. The fraction of sp³-hybridized carbons (Fsp3) is 0.136. The maximum atomic E-state index is 5.71. The summed E-state index contributed by atoms with van der Waals surface area (Å²) >= 11 is 1.60. The molecule has 1 aromatic carbocycles. The second-order valence-corrected chi connectivity index (χ2v) is 7.26. The highest BCUT2D eigenvalue weighted by atomic mass is 32.1. The number of hydrogen-bond donors (Lipinski definition) is 1. The van der Waals surface area contributed by atoms with E-state index in [2.05, 4.69) is 41.6 Å². The Bertz CT molecular complexity index is 1180. The molecule has 0 unspecified atom stereocenters. The molecule has 3 heterocycles. The number of anilines is 2.